The van der Waals surface area contributed by atoms with Gasteiger partial charge < -0.3 is 15.0 Å². The number of hydrogen-bond acceptors (Lipinski definition) is 2. The molecule has 3 fully saturated rings. The molecular weight excluding hydrogens is 238 g/mol. The van der Waals surface area contributed by atoms with Crippen molar-refractivity contribution in [3.8, 4) is 0 Å². The third-order valence-corrected chi connectivity index (χ3v) is 4.94. The van der Waals surface area contributed by atoms with Gasteiger partial charge in [-0.2, -0.15) is 0 Å². The number of hydrogen-bond donors (Lipinski definition) is 1. The fourth-order valence-electron chi connectivity index (χ4n) is 3.30. The van der Waals surface area contributed by atoms with E-state index in [1.807, 2.05) is 7.05 Å². The Bertz CT molecular complexity index is 334. The molecule has 1 spiro atoms. The summed E-state index contributed by atoms with van der Waals surface area (Å²) in [5.41, 5.74) is 0.639. The van der Waals surface area contributed by atoms with Gasteiger partial charge in [-0.05, 0) is 43.4 Å². The van der Waals surface area contributed by atoms with Crippen LogP contribution in [-0.4, -0.2) is 50.8 Å². The highest BCUT2D eigenvalue weighted by atomic mass is 16.5. The van der Waals surface area contributed by atoms with Gasteiger partial charge in [0.2, 0.25) is 0 Å². The predicted octanol–water partition coefficient (Wildman–Crippen LogP) is 1.86. The molecule has 2 saturated carbocycles. The minimum atomic E-state index is 0.639. The first-order chi connectivity index (χ1) is 9.31. The summed E-state index contributed by atoms with van der Waals surface area (Å²) >= 11 is 0. The molecule has 3 rings (SSSR count). The van der Waals surface area contributed by atoms with Crippen molar-refractivity contribution in [3.63, 3.8) is 0 Å². The van der Waals surface area contributed by atoms with E-state index in [1.54, 1.807) is 0 Å². The molecule has 0 amide bonds. The third-order valence-electron chi connectivity index (χ3n) is 4.94. The second-order valence-corrected chi connectivity index (χ2v) is 6.52. The van der Waals surface area contributed by atoms with Crippen molar-refractivity contribution in [3.05, 3.63) is 0 Å². The molecule has 1 heterocycles. The van der Waals surface area contributed by atoms with Crippen LogP contribution in [0.4, 0.5) is 0 Å². The highest BCUT2D eigenvalue weighted by Gasteiger charge is 2.43. The van der Waals surface area contributed by atoms with E-state index in [2.05, 4.69) is 15.2 Å². The second kappa shape index (κ2) is 5.70. The quantitative estimate of drug-likeness (QED) is 0.468. The molecule has 0 aromatic heterocycles. The first kappa shape index (κ1) is 13.2. The zero-order valence-corrected chi connectivity index (χ0v) is 12.2. The lowest BCUT2D eigenvalue weighted by Crippen LogP contribution is -2.43. The van der Waals surface area contributed by atoms with Gasteiger partial charge in [0, 0.05) is 33.3 Å². The fraction of sp³-hybridized carbons (Fsp3) is 0.933. The highest BCUT2D eigenvalue weighted by Crippen LogP contribution is 2.47. The molecule has 0 aromatic rings. The maximum absolute atomic E-state index is 5.65. The minimum absolute atomic E-state index is 0.639. The highest BCUT2D eigenvalue weighted by molar-refractivity contribution is 5.80. The first-order valence-corrected chi connectivity index (χ1v) is 7.85. The van der Waals surface area contributed by atoms with Crippen molar-refractivity contribution < 1.29 is 4.74 Å². The lowest BCUT2D eigenvalue weighted by Gasteiger charge is -2.38. The molecule has 4 nitrogen and oxygen atoms in total. The Hall–Kier alpha value is -0.770. The number of nitrogens with one attached hydrogen (secondary N) is 1. The van der Waals surface area contributed by atoms with Crippen LogP contribution >= 0.6 is 0 Å². The van der Waals surface area contributed by atoms with E-state index in [1.165, 1.54) is 51.6 Å². The zero-order valence-electron chi connectivity index (χ0n) is 12.2. The van der Waals surface area contributed by atoms with Crippen LogP contribution in [0.25, 0.3) is 0 Å². The van der Waals surface area contributed by atoms with Gasteiger partial charge in [0.1, 0.15) is 0 Å². The van der Waals surface area contributed by atoms with Crippen molar-refractivity contribution in [2.45, 2.75) is 38.5 Å². The van der Waals surface area contributed by atoms with Crippen LogP contribution in [-0.2, 0) is 4.74 Å². The van der Waals surface area contributed by atoms with Crippen molar-refractivity contribution in [1.82, 2.24) is 10.2 Å². The summed E-state index contributed by atoms with van der Waals surface area (Å²) in [6.07, 6.45) is 8.35. The molecule has 1 N–H and O–H groups in total. The van der Waals surface area contributed by atoms with E-state index < -0.39 is 0 Å². The predicted molar refractivity (Wildman–Crippen MR) is 77.4 cm³/mol. The van der Waals surface area contributed by atoms with Gasteiger partial charge in [-0.15, -0.1) is 0 Å². The van der Waals surface area contributed by atoms with Crippen molar-refractivity contribution in [2.75, 3.05) is 39.9 Å². The van der Waals surface area contributed by atoms with E-state index in [4.69, 9.17) is 4.74 Å². The van der Waals surface area contributed by atoms with Crippen molar-refractivity contribution in [1.29, 1.82) is 0 Å². The molecule has 0 bridgehead atoms. The summed E-state index contributed by atoms with van der Waals surface area (Å²) in [6.45, 7) is 5.00. The number of likely N-dealkylation sites (tertiary alicyclic amines) is 1. The topological polar surface area (TPSA) is 36.9 Å². The number of nitrogens with zero attached hydrogens (tertiary/aromatic N) is 2. The summed E-state index contributed by atoms with van der Waals surface area (Å²) < 4.78 is 5.65. The van der Waals surface area contributed by atoms with Gasteiger partial charge in [-0.25, -0.2) is 0 Å². The molecule has 0 unspecified atom stereocenters. The van der Waals surface area contributed by atoms with Gasteiger partial charge >= 0.3 is 0 Å². The van der Waals surface area contributed by atoms with E-state index in [0.29, 0.717) is 5.41 Å². The molecular formula is C15H27N3O. The maximum Gasteiger partial charge on any atom is 0.193 e. The van der Waals surface area contributed by atoms with Crippen LogP contribution in [0.15, 0.2) is 4.99 Å². The second-order valence-electron chi connectivity index (χ2n) is 6.52. The van der Waals surface area contributed by atoms with Gasteiger partial charge in [0.25, 0.3) is 0 Å². The smallest absolute Gasteiger partial charge is 0.193 e. The molecule has 1 saturated heterocycles. The summed E-state index contributed by atoms with van der Waals surface area (Å²) in [4.78, 5) is 6.85. The van der Waals surface area contributed by atoms with E-state index in [-0.39, 0.29) is 0 Å². The van der Waals surface area contributed by atoms with Crippen LogP contribution in [0.5, 0.6) is 0 Å². The first-order valence-electron chi connectivity index (χ1n) is 7.85. The van der Waals surface area contributed by atoms with Crippen LogP contribution in [0.3, 0.4) is 0 Å². The SMILES string of the molecule is CN=C(NCCOCC1CC1)N1CCC2(CCC2)C1. The molecule has 1 aliphatic heterocycles. The molecule has 0 radical (unpaired) electrons. The van der Waals surface area contributed by atoms with Gasteiger partial charge in [-0.1, -0.05) is 6.42 Å². The molecule has 4 heteroatoms. The van der Waals surface area contributed by atoms with Crippen LogP contribution in [0.1, 0.15) is 38.5 Å². The Morgan fingerprint density at radius 2 is 2.21 bits per heavy atom. The minimum Gasteiger partial charge on any atom is -0.379 e. The summed E-state index contributed by atoms with van der Waals surface area (Å²) in [5.74, 6) is 1.93. The molecule has 0 atom stereocenters. The zero-order chi connectivity index (χ0) is 13.1. The fourth-order valence-corrected chi connectivity index (χ4v) is 3.30. The number of aliphatic imine (C=N–C) groups is 1. The Labute approximate surface area is 116 Å². The number of ether oxygens (including phenoxy) is 1. The van der Waals surface area contributed by atoms with Gasteiger partial charge in [0.15, 0.2) is 5.96 Å². The van der Waals surface area contributed by atoms with Gasteiger partial charge in [0.05, 0.1) is 6.61 Å². The molecule has 108 valence electrons. The summed E-state index contributed by atoms with van der Waals surface area (Å²) in [5, 5.41) is 3.44. The maximum atomic E-state index is 5.65. The van der Waals surface area contributed by atoms with Crippen LogP contribution < -0.4 is 5.32 Å². The molecule has 19 heavy (non-hydrogen) atoms. The monoisotopic (exact) mass is 265 g/mol. The third kappa shape index (κ3) is 3.22. The van der Waals surface area contributed by atoms with Crippen molar-refractivity contribution in [2.24, 2.45) is 16.3 Å². The number of rotatable bonds is 5. The molecule has 2 aliphatic carbocycles. The van der Waals surface area contributed by atoms with E-state index >= 15 is 0 Å². The normalized spacial score (nSPS) is 25.7. The Balaban J connectivity index is 1.35. The average molecular weight is 265 g/mol. The lowest BCUT2D eigenvalue weighted by atomic mass is 9.68. The largest absolute Gasteiger partial charge is 0.379 e. The summed E-state index contributed by atoms with van der Waals surface area (Å²) in [7, 11) is 1.89. The molecule has 3 aliphatic rings. The Morgan fingerprint density at radius 1 is 1.37 bits per heavy atom. The van der Waals surface area contributed by atoms with Crippen LogP contribution in [0, 0.1) is 11.3 Å². The van der Waals surface area contributed by atoms with E-state index in [0.717, 1.165) is 31.6 Å². The standard InChI is InChI=1S/C15H27N3O/c1-16-14(17-8-10-19-11-13-3-4-13)18-9-7-15(12-18)5-2-6-15/h13H,2-12H2,1H3,(H,16,17). The average Bonchev–Trinajstić information content (AvgIpc) is 3.08. The van der Waals surface area contributed by atoms with E-state index in [9.17, 15) is 0 Å². The van der Waals surface area contributed by atoms with Crippen LogP contribution in [0.2, 0.25) is 0 Å². The summed E-state index contributed by atoms with van der Waals surface area (Å²) in [6, 6.07) is 0. The Kier molecular flexibility index (Phi) is 3.96. The molecule has 0 aromatic carbocycles. The Morgan fingerprint density at radius 3 is 2.79 bits per heavy atom. The lowest BCUT2D eigenvalue weighted by molar-refractivity contribution is 0.128. The van der Waals surface area contributed by atoms with Crippen molar-refractivity contribution >= 4 is 5.96 Å². The van der Waals surface area contributed by atoms with Gasteiger partial charge in [-0.3, -0.25) is 4.99 Å². The number of guanidine groups is 1.